The third kappa shape index (κ3) is 5.19. The molecule has 6 nitrogen and oxygen atoms in total. The molecule has 22 heavy (non-hydrogen) atoms. The molecule has 1 saturated heterocycles. The summed E-state index contributed by atoms with van der Waals surface area (Å²) >= 11 is 0. The number of aliphatic hydroxyl groups excluding tert-OH is 3. The Morgan fingerprint density at radius 3 is 2.32 bits per heavy atom. The van der Waals surface area contributed by atoms with E-state index in [1.807, 2.05) is 11.8 Å². The van der Waals surface area contributed by atoms with Crippen LogP contribution in [0.5, 0.6) is 0 Å². The summed E-state index contributed by atoms with van der Waals surface area (Å²) < 4.78 is 0. The molecule has 6 heteroatoms. The third-order valence-electron chi connectivity index (χ3n) is 4.41. The number of hydrogen-bond donors (Lipinski definition) is 4. The molecule has 130 valence electrons. The molecule has 0 spiro atoms. The van der Waals surface area contributed by atoms with Crippen molar-refractivity contribution in [2.24, 2.45) is 0 Å². The predicted octanol–water partition coefficient (Wildman–Crippen LogP) is 0.250. The number of nitrogens with one attached hydrogen (secondary N) is 1. The van der Waals surface area contributed by atoms with Gasteiger partial charge in [0, 0.05) is 19.0 Å². The Bertz CT molecular complexity index is 327. The average molecular weight is 316 g/mol. The second kappa shape index (κ2) is 10.2. The van der Waals surface area contributed by atoms with E-state index in [0.717, 1.165) is 32.1 Å². The fraction of sp³-hybridized carbons (Fsp3) is 0.938. The van der Waals surface area contributed by atoms with Crippen molar-refractivity contribution in [3.05, 3.63) is 0 Å². The van der Waals surface area contributed by atoms with Crippen LogP contribution in [-0.2, 0) is 4.79 Å². The van der Waals surface area contributed by atoms with Gasteiger partial charge in [-0.25, -0.2) is 0 Å². The van der Waals surface area contributed by atoms with Gasteiger partial charge < -0.3 is 20.6 Å². The van der Waals surface area contributed by atoms with Crippen LogP contribution in [-0.4, -0.2) is 70.1 Å². The zero-order valence-electron chi connectivity index (χ0n) is 13.9. The minimum Gasteiger partial charge on any atom is -0.395 e. The van der Waals surface area contributed by atoms with E-state index in [9.17, 15) is 20.1 Å². The minimum absolute atomic E-state index is 0.116. The Hall–Kier alpha value is -0.690. The number of nitrogens with zero attached hydrogens (tertiary/aromatic N) is 1. The molecule has 0 aromatic rings. The van der Waals surface area contributed by atoms with E-state index in [2.05, 4.69) is 12.2 Å². The van der Waals surface area contributed by atoms with Gasteiger partial charge in [-0.3, -0.25) is 9.69 Å². The highest BCUT2D eigenvalue weighted by molar-refractivity contribution is 5.76. The molecule has 4 N–H and O–H groups in total. The number of carbonyl (C=O) groups excluding carboxylic acids is 1. The Morgan fingerprint density at radius 1 is 1.05 bits per heavy atom. The highest BCUT2D eigenvalue weighted by atomic mass is 16.3. The van der Waals surface area contributed by atoms with Crippen LogP contribution in [0.1, 0.15) is 52.4 Å². The molecule has 1 heterocycles. The number of carbonyl (C=O) groups is 1. The SMILES string of the molecule is CCCCCCN1[C@H](CC(=O)NCCC)[C@H](O)[C@H](O)[C@H]1CO. The molecule has 0 radical (unpaired) electrons. The van der Waals surface area contributed by atoms with Gasteiger partial charge in [-0.1, -0.05) is 33.1 Å². The number of rotatable bonds is 10. The Morgan fingerprint density at radius 2 is 1.73 bits per heavy atom. The minimum atomic E-state index is -1.000. The van der Waals surface area contributed by atoms with Crippen LogP contribution in [0.3, 0.4) is 0 Å². The summed E-state index contributed by atoms with van der Waals surface area (Å²) in [5, 5.41) is 32.6. The molecule has 0 aromatic heterocycles. The molecule has 0 bridgehead atoms. The van der Waals surface area contributed by atoms with E-state index < -0.39 is 24.3 Å². The summed E-state index contributed by atoms with van der Waals surface area (Å²) in [5.41, 5.74) is 0. The summed E-state index contributed by atoms with van der Waals surface area (Å²) in [4.78, 5) is 13.8. The van der Waals surface area contributed by atoms with Gasteiger partial charge in [-0.15, -0.1) is 0 Å². The zero-order chi connectivity index (χ0) is 16.5. The van der Waals surface area contributed by atoms with Crippen molar-refractivity contribution in [1.29, 1.82) is 0 Å². The lowest BCUT2D eigenvalue weighted by Crippen LogP contribution is -2.44. The van der Waals surface area contributed by atoms with E-state index in [-0.39, 0.29) is 18.9 Å². The highest BCUT2D eigenvalue weighted by Crippen LogP contribution is 2.28. The van der Waals surface area contributed by atoms with E-state index in [1.165, 1.54) is 0 Å². The predicted molar refractivity (Wildman–Crippen MR) is 85.4 cm³/mol. The number of aliphatic hydroxyl groups is 3. The smallest absolute Gasteiger partial charge is 0.221 e. The van der Waals surface area contributed by atoms with E-state index in [0.29, 0.717) is 13.1 Å². The second-order valence-electron chi connectivity index (χ2n) is 6.15. The number of likely N-dealkylation sites (tertiary alicyclic amines) is 1. The first kappa shape index (κ1) is 19.4. The maximum absolute atomic E-state index is 11.9. The van der Waals surface area contributed by atoms with Crippen molar-refractivity contribution < 1.29 is 20.1 Å². The van der Waals surface area contributed by atoms with Crippen LogP contribution < -0.4 is 5.32 Å². The number of hydrogen-bond acceptors (Lipinski definition) is 5. The van der Waals surface area contributed by atoms with Crippen LogP contribution in [0.2, 0.25) is 0 Å². The summed E-state index contributed by atoms with van der Waals surface area (Å²) in [6, 6.07) is -0.911. The van der Waals surface area contributed by atoms with E-state index >= 15 is 0 Å². The van der Waals surface area contributed by atoms with Crippen molar-refractivity contribution in [1.82, 2.24) is 10.2 Å². The molecule has 0 aliphatic carbocycles. The summed E-state index contributed by atoms with van der Waals surface area (Å²) in [6.07, 6.45) is 3.32. The van der Waals surface area contributed by atoms with E-state index in [1.54, 1.807) is 0 Å². The largest absolute Gasteiger partial charge is 0.395 e. The first-order valence-electron chi connectivity index (χ1n) is 8.56. The van der Waals surface area contributed by atoms with Crippen molar-refractivity contribution >= 4 is 5.91 Å². The Labute approximate surface area is 133 Å². The molecule has 4 atom stereocenters. The maximum atomic E-state index is 11.9. The fourth-order valence-corrected chi connectivity index (χ4v) is 3.12. The van der Waals surface area contributed by atoms with E-state index in [4.69, 9.17) is 0 Å². The van der Waals surface area contributed by atoms with Crippen molar-refractivity contribution in [3.63, 3.8) is 0 Å². The first-order valence-corrected chi connectivity index (χ1v) is 8.56. The lowest BCUT2D eigenvalue weighted by Gasteiger charge is -2.29. The summed E-state index contributed by atoms with van der Waals surface area (Å²) in [6.45, 7) is 5.21. The quantitative estimate of drug-likeness (QED) is 0.434. The Kier molecular flexibility index (Phi) is 8.93. The lowest BCUT2D eigenvalue weighted by atomic mass is 10.1. The standard InChI is InChI=1S/C16H32N2O4/c1-3-5-6-7-9-18-12(10-14(20)17-8-4-2)15(21)16(22)13(18)11-19/h12-13,15-16,19,21-22H,3-11H2,1-2H3,(H,17,20)/t12-,13-,15+,16-/m1/s1. The van der Waals surface area contributed by atoms with Gasteiger partial charge in [0.25, 0.3) is 0 Å². The van der Waals surface area contributed by atoms with Gasteiger partial charge in [0.1, 0.15) is 0 Å². The van der Waals surface area contributed by atoms with Crippen molar-refractivity contribution in [3.8, 4) is 0 Å². The van der Waals surface area contributed by atoms with Crippen molar-refractivity contribution in [2.45, 2.75) is 76.7 Å². The van der Waals surface area contributed by atoms with Gasteiger partial charge in [0.05, 0.1) is 24.9 Å². The Balaban J connectivity index is 2.64. The van der Waals surface area contributed by atoms with Crippen LogP contribution in [0, 0.1) is 0 Å². The van der Waals surface area contributed by atoms with Crippen molar-refractivity contribution in [2.75, 3.05) is 19.7 Å². The molecule has 0 unspecified atom stereocenters. The monoisotopic (exact) mass is 316 g/mol. The molecule has 0 aromatic carbocycles. The summed E-state index contributed by atoms with van der Waals surface area (Å²) in [7, 11) is 0. The van der Waals surface area contributed by atoms with Gasteiger partial charge in [-0.05, 0) is 19.4 Å². The van der Waals surface area contributed by atoms with Crippen LogP contribution in [0.15, 0.2) is 0 Å². The molecule has 1 aliphatic rings. The molecule has 1 rings (SSSR count). The maximum Gasteiger partial charge on any atom is 0.221 e. The molecule has 0 saturated carbocycles. The van der Waals surface area contributed by atoms with Gasteiger partial charge >= 0.3 is 0 Å². The van der Waals surface area contributed by atoms with Crippen LogP contribution in [0.4, 0.5) is 0 Å². The average Bonchev–Trinajstić information content (AvgIpc) is 2.73. The first-order chi connectivity index (χ1) is 10.6. The third-order valence-corrected chi connectivity index (χ3v) is 4.41. The molecule has 1 amide bonds. The normalized spacial score (nSPS) is 29.0. The highest BCUT2D eigenvalue weighted by Gasteiger charge is 2.47. The second-order valence-corrected chi connectivity index (χ2v) is 6.15. The van der Waals surface area contributed by atoms with Gasteiger partial charge in [0.15, 0.2) is 0 Å². The number of amides is 1. The van der Waals surface area contributed by atoms with Gasteiger partial charge in [-0.2, -0.15) is 0 Å². The zero-order valence-corrected chi connectivity index (χ0v) is 13.9. The molecule has 1 aliphatic heterocycles. The summed E-state index contributed by atoms with van der Waals surface area (Å²) in [5.74, 6) is -0.116. The topological polar surface area (TPSA) is 93.0 Å². The van der Waals surface area contributed by atoms with Crippen LogP contribution in [0.25, 0.3) is 0 Å². The molecular weight excluding hydrogens is 284 g/mol. The molecule has 1 fully saturated rings. The van der Waals surface area contributed by atoms with Crippen LogP contribution >= 0.6 is 0 Å². The van der Waals surface area contributed by atoms with Gasteiger partial charge in [0.2, 0.25) is 5.91 Å². The molecular formula is C16H32N2O4. The number of unbranched alkanes of at least 4 members (excludes halogenated alkanes) is 3. The lowest BCUT2D eigenvalue weighted by molar-refractivity contribution is -0.123. The fourth-order valence-electron chi connectivity index (χ4n) is 3.12.